The van der Waals surface area contributed by atoms with E-state index >= 15 is 0 Å². The molecule has 1 heterocycles. The topological polar surface area (TPSA) is 12.0 Å². The number of fused-ring (bicyclic) bond motifs is 5. The molecule has 124 valence electrons. The Labute approximate surface area is 157 Å². The van der Waals surface area contributed by atoms with Gasteiger partial charge >= 0.3 is 0 Å². The van der Waals surface area contributed by atoms with Gasteiger partial charge in [-0.25, -0.2) is 0 Å². The fraction of sp³-hybridized carbons (Fsp3) is 0.182. The van der Waals surface area contributed by atoms with Crippen LogP contribution in [0.25, 0.3) is 10.8 Å². The van der Waals surface area contributed by atoms with E-state index in [9.17, 15) is 0 Å². The second kappa shape index (κ2) is 5.79. The Balaban J connectivity index is 1.69. The maximum absolute atomic E-state index is 6.53. The van der Waals surface area contributed by atoms with Gasteiger partial charge in [-0.1, -0.05) is 71.8 Å². The Bertz CT molecular complexity index is 1010. The van der Waals surface area contributed by atoms with Crippen molar-refractivity contribution in [1.29, 1.82) is 0 Å². The average molecular weight is 366 g/mol. The Morgan fingerprint density at radius 1 is 0.960 bits per heavy atom. The van der Waals surface area contributed by atoms with Crippen molar-refractivity contribution >= 4 is 39.7 Å². The summed E-state index contributed by atoms with van der Waals surface area (Å²) >= 11 is 12.6. The second-order valence-electron chi connectivity index (χ2n) is 6.89. The summed E-state index contributed by atoms with van der Waals surface area (Å²) in [5.41, 5.74) is 3.75. The lowest BCUT2D eigenvalue weighted by Gasteiger charge is -2.38. The van der Waals surface area contributed by atoms with Crippen LogP contribution in [0.2, 0.25) is 10.0 Å². The quantitative estimate of drug-likeness (QED) is 0.459. The highest BCUT2D eigenvalue weighted by Gasteiger charge is 2.39. The second-order valence-corrected chi connectivity index (χ2v) is 7.73. The van der Waals surface area contributed by atoms with Gasteiger partial charge in [-0.15, -0.1) is 0 Å². The number of halogens is 2. The average Bonchev–Trinajstić information content (AvgIpc) is 3.10. The molecule has 0 aromatic heterocycles. The van der Waals surface area contributed by atoms with Crippen molar-refractivity contribution in [1.82, 2.24) is 0 Å². The molecule has 0 bridgehead atoms. The van der Waals surface area contributed by atoms with E-state index < -0.39 is 0 Å². The summed E-state index contributed by atoms with van der Waals surface area (Å²) in [6, 6.07) is 19.1. The van der Waals surface area contributed by atoms with E-state index in [1.54, 1.807) is 0 Å². The smallest absolute Gasteiger partial charge is 0.0568 e. The lowest BCUT2D eigenvalue weighted by Crippen LogP contribution is -2.29. The van der Waals surface area contributed by atoms with Gasteiger partial charge < -0.3 is 5.32 Å². The summed E-state index contributed by atoms with van der Waals surface area (Å²) < 4.78 is 0. The third kappa shape index (κ3) is 2.38. The molecule has 1 N–H and O–H groups in total. The first kappa shape index (κ1) is 15.3. The summed E-state index contributed by atoms with van der Waals surface area (Å²) in [5, 5.41) is 7.82. The normalized spacial score (nSPS) is 24.0. The zero-order chi connectivity index (χ0) is 17.0. The van der Waals surface area contributed by atoms with Gasteiger partial charge in [0.25, 0.3) is 0 Å². The minimum Gasteiger partial charge on any atom is -0.378 e. The van der Waals surface area contributed by atoms with Gasteiger partial charge in [0.1, 0.15) is 0 Å². The SMILES string of the molecule is Clc1ccc([C@@H]2Nc3ccc4ccccc4c3[C@@H]3C=CC[C@@H]32)c(Cl)c1. The maximum atomic E-state index is 6.53. The lowest BCUT2D eigenvalue weighted by atomic mass is 9.75. The maximum Gasteiger partial charge on any atom is 0.0568 e. The summed E-state index contributed by atoms with van der Waals surface area (Å²) in [4.78, 5) is 0. The molecule has 0 saturated heterocycles. The van der Waals surface area contributed by atoms with Gasteiger partial charge in [0.15, 0.2) is 0 Å². The molecule has 5 rings (SSSR count). The highest BCUT2D eigenvalue weighted by atomic mass is 35.5. The molecule has 0 saturated carbocycles. The van der Waals surface area contributed by atoms with Crippen LogP contribution in [0.4, 0.5) is 5.69 Å². The van der Waals surface area contributed by atoms with E-state index in [1.807, 2.05) is 12.1 Å². The molecule has 0 fully saturated rings. The number of nitrogens with one attached hydrogen (secondary N) is 1. The van der Waals surface area contributed by atoms with Crippen LogP contribution in [0.3, 0.4) is 0 Å². The van der Waals surface area contributed by atoms with E-state index in [-0.39, 0.29) is 6.04 Å². The Kier molecular flexibility index (Phi) is 3.55. The molecule has 0 unspecified atom stereocenters. The zero-order valence-electron chi connectivity index (χ0n) is 13.5. The summed E-state index contributed by atoms with van der Waals surface area (Å²) in [6.45, 7) is 0. The summed E-state index contributed by atoms with van der Waals surface area (Å²) in [6.07, 6.45) is 5.74. The van der Waals surface area contributed by atoms with Crippen molar-refractivity contribution in [3.05, 3.63) is 87.9 Å². The zero-order valence-corrected chi connectivity index (χ0v) is 15.1. The van der Waals surface area contributed by atoms with Crippen LogP contribution in [0, 0.1) is 5.92 Å². The molecule has 0 spiro atoms. The van der Waals surface area contributed by atoms with Crippen molar-refractivity contribution in [2.75, 3.05) is 5.32 Å². The molecule has 1 aliphatic heterocycles. The molecule has 0 radical (unpaired) electrons. The number of benzene rings is 3. The summed E-state index contributed by atoms with van der Waals surface area (Å²) in [7, 11) is 0. The van der Waals surface area contributed by atoms with Gasteiger partial charge in [-0.05, 0) is 52.4 Å². The van der Waals surface area contributed by atoms with Crippen LogP contribution in [-0.4, -0.2) is 0 Å². The Morgan fingerprint density at radius 2 is 1.84 bits per heavy atom. The fourth-order valence-electron chi connectivity index (χ4n) is 4.44. The largest absolute Gasteiger partial charge is 0.378 e. The van der Waals surface area contributed by atoms with Gasteiger partial charge in [-0.3, -0.25) is 0 Å². The highest BCUT2D eigenvalue weighted by Crippen LogP contribution is 2.52. The minimum atomic E-state index is 0.193. The number of hydrogen-bond donors (Lipinski definition) is 1. The molecule has 2 aliphatic rings. The number of hydrogen-bond acceptors (Lipinski definition) is 1. The van der Waals surface area contributed by atoms with E-state index in [1.165, 1.54) is 22.0 Å². The minimum absolute atomic E-state index is 0.193. The fourth-order valence-corrected chi connectivity index (χ4v) is 4.97. The third-order valence-electron chi connectivity index (χ3n) is 5.55. The molecule has 0 amide bonds. The van der Waals surface area contributed by atoms with Crippen LogP contribution in [0.15, 0.2) is 66.7 Å². The molecule has 1 aliphatic carbocycles. The molecule has 3 aromatic rings. The van der Waals surface area contributed by atoms with Gasteiger partial charge in [0.2, 0.25) is 0 Å². The van der Waals surface area contributed by atoms with Crippen molar-refractivity contribution in [2.45, 2.75) is 18.4 Å². The first-order chi connectivity index (χ1) is 12.2. The van der Waals surface area contributed by atoms with E-state index in [4.69, 9.17) is 23.2 Å². The van der Waals surface area contributed by atoms with Gasteiger partial charge in [-0.2, -0.15) is 0 Å². The van der Waals surface area contributed by atoms with Crippen LogP contribution < -0.4 is 5.32 Å². The molecule has 3 aromatic carbocycles. The summed E-state index contributed by atoms with van der Waals surface area (Å²) in [5.74, 6) is 0.885. The number of allylic oxidation sites excluding steroid dienone is 2. The highest BCUT2D eigenvalue weighted by molar-refractivity contribution is 6.35. The van der Waals surface area contributed by atoms with Crippen LogP contribution in [0.1, 0.15) is 29.5 Å². The first-order valence-corrected chi connectivity index (χ1v) is 9.38. The van der Waals surface area contributed by atoms with Gasteiger partial charge in [0.05, 0.1) is 6.04 Å². The standard InChI is InChI=1S/C22H17Cl2N/c23-14-9-10-18(19(24)12-14)22-17-7-3-6-16(17)21-15-5-2-1-4-13(15)8-11-20(21)25-22/h1-6,8-12,16-17,22,25H,7H2/t16-,17+,22-/m1/s1. The van der Waals surface area contributed by atoms with E-state index in [0.29, 0.717) is 16.9 Å². The molecular formula is C22H17Cl2N. The molecular weight excluding hydrogens is 349 g/mol. The van der Waals surface area contributed by atoms with Crippen LogP contribution >= 0.6 is 23.2 Å². The monoisotopic (exact) mass is 365 g/mol. The predicted octanol–water partition coefficient (Wildman–Crippen LogP) is 6.97. The number of rotatable bonds is 1. The third-order valence-corrected chi connectivity index (χ3v) is 6.12. The molecule has 25 heavy (non-hydrogen) atoms. The van der Waals surface area contributed by atoms with Crippen molar-refractivity contribution in [3.63, 3.8) is 0 Å². The number of anilines is 1. The Morgan fingerprint density at radius 3 is 2.72 bits per heavy atom. The molecule has 3 atom stereocenters. The van der Waals surface area contributed by atoms with E-state index in [0.717, 1.165) is 17.0 Å². The molecule has 3 heteroatoms. The predicted molar refractivity (Wildman–Crippen MR) is 107 cm³/mol. The van der Waals surface area contributed by atoms with Crippen molar-refractivity contribution in [3.8, 4) is 0 Å². The first-order valence-electron chi connectivity index (χ1n) is 8.62. The van der Waals surface area contributed by atoms with Crippen LogP contribution in [-0.2, 0) is 0 Å². The van der Waals surface area contributed by atoms with Crippen molar-refractivity contribution in [2.24, 2.45) is 5.92 Å². The van der Waals surface area contributed by atoms with Crippen molar-refractivity contribution < 1.29 is 0 Å². The molecule has 1 nitrogen and oxygen atoms in total. The van der Waals surface area contributed by atoms with Gasteiger partial charge in [0, 0.05) is 21.7 Å². The van der Waals surface area contributed by atoms with Crippen LogP contribution in [0.5, 0.6) is 0 Å². The Hall–Kier alpha value is -1.96. The lowest BCUT2D eigenvalue weighted by molar-refractivity contribution is 0.427. The van der Waals surface area contributed by atoms with E-state index in [2.05, 4.69) is 59.9 Å².